The number of nitrogens with two attached hydrogens (primary N) is 1. The molecule has 10 heteroatoms. The molecule has 5 rings (SSSR count). The first-order valence-electron chi connectivity index (χ1n) is 12.2. The molecule has 0 unspecified atom stereocenters. The summed E-state index contributed by atoms with van der Waals surface area (Å²) in [7, 11) is 2.61. The second-order valence-electron chi connectivity index (χ2n) is 9.34. The van der Waals surface area contributed by atoms with E-state index in [1.54, 1.807) is 6.07 Å². The van der Waals surface area contributed by atoms with Crippen molar-refractivity contribution in [3.05, 3.63) is 103 Å². The number of anilines is 1. The molecular weight excluding hydrogens is 486 g/mol. The molecule has 38 heavy (non-hydrogen) atoms. The molecule has 0 saturated heterocycles. The van der Waals surface area contributed by atoms with E-state index in [9.17, 15) is 19.2 Å². The number of fused-ring (bicyclic) bond motifs is 2. The highest BCUT2D eigenvalue weighted by molar-refractivity contribution is 6.07. The van der Waals surface area contributed by atoms with Crippen molar-refractivity contribution in [1.82, 2.24) is 19.0 Å². The minimum absolute atomic E-state index is 0.276. The van der Waals surface area contributed by atoms with Crippen LogP contribution in [-0.2, 0) is 38.3 Å². The fourth-order valence-corrected chi connectivity index (χ4v) is 4.85. The second kappa shape index (κ2) is 10.1. The molecule has 0 aliphatic carbocycles. The van der Waals surface area contributed by atoms with Crippen molar-refractivity contribution in [2.75, 3.05) is 18.9 Å². The summed E-state index contributed by atoms with van der Waals surface area (Å²) < 4.78 is 7.26. The Labute approximate surface area is 217 Å². The molecule has 2 aromatic carbocycles. The van der Waals surface area contributed by atoms with E-state index in [-0.39, 0.29) is 5.82 Å². The van der Waals surface area contributed by atoms with E-state index in [0.717, 1.165) is 39.0 Å². The third-order valence-electron chi connectivity index (χ3n) is 6.90. The van der Waals surface area contributed by atoms with Crippen LogP contribution in [0.5, 0.6) is 0 Å². The lowest BCUT2D eigenvalue weighted by atomic mass is 9.95. The van der Waals surface area contributed by atoms with Crippen molar-refractivity contribution in [2.45, 2.75) is 19.5 Å². The molecule has 194 valence electrons. The minimum Gasteiger partial charge on any atom is -0.454 e. The Morgan fingerprint density at radius 1 is 0.974 bits per heavy atom. The molecule has 0 atom stereocenters. The minimum atomic E-state index is -0.838. The van der Waals surface area contributed by atoms with Crippen molar-refractivity contribution < 1.29 is 14.3 Å². The fourth-order valence-electron chi connectivity index (χ4n) is 4.85. The van der Waals surface area contributed by atoms with Gasteiger partial charge in [0, 0.05) is 56.8 Å². The number of rotatable bonds is 6. The zero-order chi connectivity index (χ0) is 27.0. The van der Waals surface area contributed by atoms with E-state index >= 15 is 0 Å². The van der Waals surface area contributed by atoms with Crippen LogP contribution in [0.4, 0.5) is 5.82 Å². The molecule has 3 heterocycles. The summed E-state index contributed by atoms with van der Waals surface area (Å²) in [6.07, 6.45) is 0.664. The van der Waals surface area contributed by atoms with Gasteiger partial charge in [0.25, 0.3) is 5.56 Å². The van der Waals surface area contributed by atoms with Gasteiger partial charge in [0.2, 0.25) is 5.78 Å². The summed E-state index contributed by atoms with van der Waals surface area (Å²) >= 11 is 0. The first-order chi connectivity index (χ1) is 18.3. The fraction of sp³-hybridized carbons (Fsp3) is 0.250. The molecule has 0 amide bonds. The van der Waals surface area contributed by atoms with Crippen LogP contribution in [0.1, 0.15) is 37.5 Å². The lowest BCUT2D eigenvalue weighted by Gasteiger charge is -2.30. The van der Waals surface area contributed by atoms with E-state index < -0.39 is 35.2 Å². The molecule has 0 spiro atoms. The number of ether oxygens (including phenoxy) is 1. The Kier molecular flexibility index (Phi) is 6.64. The topological polar surface area (TPSA) is 130 Å². The number of pyridine rings is 1. The van der Waals surface area contributed by atoms with Gasteiger partial charge in [-0.15, -0.1) is 0 Å². The van der Waals surface area contributed by atoms with Crippen LogP contribution in [0.2, 0.25) is 0 Å². The van der Waals surface area contributed by atoms with E-state index in [2.05, 4.69) is 17.0 Å². The maximum absolute atomic E-state index is 13.5. The van der Waals surface area contributed by atoms with Gasteiger partial charge in [0.05, 0.1) is 11.1 Å². The molecule has 1 aliphatic heterocycles. The Bertz CT molecular complexity index is 1690. The predicted molar refractivity (Wildman–Crippen MR) is 142 cm³/mol. The zero-order valence-electron chi connectivity index (χ0n) is 21.1. The summed E-state index contributed by atoms with van der Waals surface area (Å²) in [6, 6.07) is 17.4. The first-order valence-corrected chi connectivity index (χ1v) is 12.2. The number of esters is 1. The van der Waals surface area contributed by atoms with Gasteiger partial charge in [0.1, 0.15) is 11.4 Å². The SMILES string of the molecule is Cn1c(N)c(C(=O)COC(=O)c2c3c(nc4ccccc24)CCN(Cc2ccccc2)C3)c(=O)n(C)c1=O. The normalized spacial score (nSPS) is 13.3. The van der Waals surface area contributed by atoms with Crippen LogP contribution in [-0.4, -0.2) is 43.9 Å². The number of hydrogen-bond acceptors (Lipinski definition) is 8. The summed E-state index contributed by atoms with van der Waals surface area (Å²) in [5.74, 6) is -1.75. The van der Waals surface area contributed by atoms with Gasteiger partial charge >= 0.3 is 11.7 Å². The Hall–Kier alpha value is -4.57. The van der Waals surface area contributed by atoms with Gasteiger partial charge < -0.3 is 10.5 Å². The summed E-state index contributed by atoms with van der Waals surface area (Å²) in [4.78, 5) is 58.1. The maximum Gasteiger partial charge on any atom is 0.339 e. The molecule has 0 fully saturated rings. The highest BCUT2D eigenvalue weighted by Crippen LogP contribution is 2.29. The lowest BCUT2D eigenvalue weighted by molar-refractivity contribution is 0.0473. The number of hydrogen-bond donors (Lipinski definition) is 1. The molecule has 0 radical (unpaired) electrons. The van der Waals surface area contributed by atoms with E-state index in [4.69, 9.17) is 15.5 Å². The molecule has 0 bridgehead atoms. The highest BCUT2D eigenvalue weighted by Gasteiger charge is 2.28. The van der Waals surface area contributed by atoms with Gasteiger partial charge in [0.15, 0.2) is 6.61 Å². The first kappa shape index (κ1) is 25.1. The number of carbonyl (C=O) groups excluding carboxylic acids is 2. The van der Waals surface area contributed by atoms with Crippen LogP contribution in [0, 0.1) is 0 Å². The number of ketones is 1. The van der Waals surface area contributed by atoms with E-state index in [0.29, 0.717) is 29.4 Å². The molecule has 2 N–H and O–H groups in total. The van der Waals surface area contributed by atoms with Gasteiger partial charge in [-0.05, 0) is 11.6 Å². The van der Waals surface area contributed by atoms with E-state index in [1.807, 2.05) is 36.4 Å². The molecular formula is C28H27N5O5. The molecule has 1 aliphatic rings. The Morgan fingerprint density at radius 2 is 1.68 bits per heavy atom. The number of nitrogens with zero attached hydrogens (tertiary/aromatic N) is 4. The van der Waals surface area contributed by atoms with Crippen molar-refractivity contribution >= 4 is 28.5 Å². The largest absolute Gasteiger partial charge is 0.454 e. The molecule has 4 aromatic rings. The zero-order valence-corrected chi connectivity index (χ0v) is 21.1. The van der Waals surface area contributed by atoms with Gasteiger partial charge in [-0.1, -0.05) is 48.5 Å². The number of para-hydroxylation sites is 1. The van der Waals surface area contributed by atoms with Gasteiger partial charge in [-0.3, -0.25) is 28.6 Å². The standard InChI is InChI=1S/C28H27N5O5/c1-31-25(29)24(26(35)32(2)28(31)37)22(34)16-38-27(36)23-18-10-6-7-11-20(18)30-21-12-13-33(15-19(21)23)14-17-8-4-3-5-9-17/h3-11H,12-16,29H2,1-2H3. The van der Waals surface area contributed by atoms with Crippen LogP contribution >= 0.6 is 0 Å². The van der Waals surface area contributed by atoms with Crippen molar-refractivity contribution in [3.63, 3.8) is 0 Å². The van der Waals surface area contributed by atoms with Crippen molar-refractivity contribution in [2.24, 2.45) is 14.1 Å². The predicted octanol–water partition coefficient (Wildman–Crippen LogP) is 1.81. The number of carbonyl (C=O) groups is 2. The smallest absolute Gasteiger partial charge is 0.339 e. The monoisotopic (exact) mass is 513 g/mol. The Balaban J connectivity index is 1.46. The van der Waals surface area contributed by atoms with Crippen LogP contribution in [0.15, 0.2) is 64.2 Å². The molecule has 2 aromatic heterocycles. The highest BCUT2D eigenvalue weighted by atomic mass is 16.5. The molecule has 0 saturated carbocycles. The summed E-state index contributed by atoms with van der Waals surface area (Å²) in [5.41, 5.74) is 7.78. The lowest BCUT2D eigenvalue weighted by Crippen LogP contribution is -2.42. The average molecular weight is 514 g/mol. The van der Waals surface area contributed by atoms with Gasteiger partial charge in [-0.2, -0.15) is 0 Å². The number of nitrogen functional groups attached to an aromatic ring is 1. The van der Waals surface area contributed by atoms with Gasteiger partial charge in [-0.25, -0.2) is 9.59 Å². The van der Waals surface area contributed by atoms with Crippen molar-refractivity contribution in [3.8, 4) is 0 Å². The van der Waals surface area contributed by atoms with Crippen LogP contribution < -0.4 is 17.0 Å². The van der Waals surface area contributed by atoms with Crippen molar-refractivity contribution in [1.29, 1.82) is 0 Å². The summed E-state index contributed by atoms with van der Waals surface area (Å²) in [5, 5.41) is 0.628. The van der Waals surface area contributed by atoms with E-state index in [1.165, 1.54) is 14.1 Å². The number of aromatic nitrogens is 3. The average Bonchev–Trinajstić information content (AvgIpc) is 2.93. The molecule has 10 nitrogen and oxygen atoms in total. The quantitative estimate of drug-likeness (QED) is 0.305. The number of Topliss-reactive ketones (excluding diaryl/α,β-unsaturated/α-hetero) is 1. The van der Waals surface area contributed by atoms with Crippen LogP contribution in [0.3, 0.4) is 0 Å². The second-order valence-corrected chi connectivity index (χ2v) is 9.34. The Morgan fingerprint density at radius 3 is 2.45 bits per heavy atom. The maximum atomic E-state index is 13.5. The summed E-state index contributed by atoms with van der Waals surface area (Å²) in [6.45, 7) is 1.30. The van der Waals surface area contributed by atoms with Crippen LogP contribution in [0.25, 0.3) is 10.9 Å². The number of benzene rings is 2. The third kappa shape index (κ3) is 4.50. The third-order valence-corrected chi connectivity index (χ3v) is 6.90.